The summed E-state index contributed by atoms with van der Waals surface area (Å²) in [6.07, 6.45) is 5.65. The van der Waals surface area contributed by atoms with Gasteiger partial charge in [-0.05, 0) is 56.2 Å². The van der Waals surface area contributed by atoms with Crippen LogP contribution >= 0.6 is 0 Å². The van der Waals surface area contributed by atoms with Crippen molar-refractivity contribution in [3.63, 3.8) is 0 Å². The molecule has 1 fully saturated rings. The fourth-order valence-corrected chi connectivity index (χ4v) is 2.83. The zero-order valence-electron chi connectivity index (χ0n) is 16.0. The van der Waals surface area contributed by atoms with E-state index in [2.05, 4.69) is 16.4 Å². The highest BCUT2D eigenvalue weighted by molar-refractivity contribution is 6.56. The monoisotopic (exact) mass is 352 g/mol. The number of carbonyl (C=O) groups is 1. The molecule has 136 valence electrons. The van der Waals surface area contributed by atoms with Crippen LogP contribution in [0.25, 0.3) is 16.8 Å². The number of pyridine rings is 1. The summed E-state index contributed by atoms with van der Waals surface area (Å²) in [5, 5.41) is 5.06. The number of hydrogen-bond donors (Lipinski definition) is 1. The van der Waals surface area contributed by atoms with Gasteiger partial charge in [-0.1, -0.05) is 18.2 Å². The average Bonchev–Trinajstić information content (AvgIpc) is 2.79. The van der Waals surface area contributed by atoms with Crippen LogP contribution in [-0.4, -0.2) is 35.8 Å². The first kappa shape index (κ1) is 18.6. The fraction of sp³-hybridized carbons (Fsp3) is 0.400. The third kappa shape index (κ3) is 3.81. The van der Waals surface area contributed by atoms with Gasteiger partial charge in [-0.3, -0.25) is 9.78 Å². The molecule has 2 aromatic rings. The van der Waals surface area contributed by atoms with Crippen molar-refractivity contribution in [2.45, 2.75) is 45.8 Å². The molecule has 0 aliphatic carbocycles. The molecule has 1 amide bonds. The predicted molar refractivity (Wildman–Crippen MR) is 104 cm³/mol. The Labute approximate surface area is 154 Å². The van der Waals surface area contributed by atoms with Gasteiger partial charge in [0.25, 0.3) is 0 Å². The predicted octanol–water partition coefficient (Wildman–Crippen LogP) is 3.39. The molecule has 0 saturated carbocycles. The lowest BCUT2D eigenvalue weighted by Gasteiger charge is -2.32. The lowest BCUT2D eigenvalue weighted by Crippen LogP contribution is -2.41. The molecule has 1 saturated heterocycles. The van der Waals surface area contributed by atoms with Gasteiger partial charge in [0.05, 0.1) is 11.2 Å². The maximum Gasteiger partial charge on any atom is 0.492 e. The van der Waals surface area contributed by atoms with Crippen molar-refractivity contribution in [1.29, 1.82) is 0 Å². The third-order valence-electron chi connectivity index (χ3n) is 5.11. The summed E-state index contributed by atoms with van der Waals surface area (Å²) in [5.74, 6) is -0.0861. The maximum absolute atomic E-state index is 11.4. The summed E-state index contributed by atoms with van der Waals surface area (Å²) >= 11 is 0. The summed E-state index contributed by atoms with van der Waals surface area (Å²) in [4.78, 5) is 15.6. The maximum atomic E-state index is 11.4. The highest BCUT2D eigenvalue weighted by Gasteiger charge is 2.52. The molecule has 0 radical (unpaired) electrons. The molecule has 5 nitrogen and oxygen atoms in total. The Hall–Kier alpha value is -2.18. The minimum Gasteiger partial charge on any atom is -0.400 e. The number of hydrogen-bond acceptors (Lipinski definition) is 4. The number of aromatic nitrogens is 1. The fourth-order valence-electron chi connectivity index (χ4n) is 2.83. The van der Waals surface area contributed by atoms with Crippen LogP contribution in [0, 0.1) is 0 Å². The van der Waals surface area contributed by atoms with Crippen molar-refractivity contribution >= 4 is 29.9 Å². The number of benzene rings is 1. The van der Waals surface area contributed by atoms with Crippen molar-refractivity contribution < 1.29 is 14.1 Å². The normalized spacial score (nSPS) is 19.0. The van der Waals surface area contributed by atoms with E-state index in [4.69, 9.17) is 9.31 Å². The van der Waals surface area contributed by atoms with Crippen LogP contribution in [0.5, 0.6) is 0 Å². The Bertz CT molecular complexity index is 845. The summed E-state index contributed by atoms with van der Waals surface area (Å²) in [5.41, 5.74) is 1.05. The zero-order valence-corrected chi connectivity index (χ0v) is 16.0. The van der Waals surface area contributed by atoms with E-state index in [0.717, 1.165) is 21.8 Å². The third-order valence-corrected chi connectivity index (χ3v) is 5.11. The summed E-state index contributed by atoms with van der Waals surface area (Å²) in [7, 11) is -0.500. The first-order chi connectivity index (χ1) is 12.2. The van der Waals surface area contributed by atoms with Crippen LogP contribution in [0.3, 0.4) is 0 Å². The Morgan fingerprint density at radius 2 is 1.85 bits per heavy atom. The average molecular weight is 352 g/mol. The van der Waals surface area contributed by atoms with Gasteiger partial charge in [-0.15, -0.1) is 0 Å². The van der Waals surface area contributed by atoms with E-state index in [1.807, 2.05) is 58.2 Å². The van der Waals surface area contributed by atoms with Gasteiger partial charge in [-0.2, -0.15) is 0 Å². The van der Waals surface area contributed by atoms with E-state index in [1.165, 1.54) is 6.92 Å². The molecule has 0 bridgehead atoms. The highest BCUT2D eigenvalue weighted by atomic mass is 16.7. The minimum atomic E-state index is -0.500. The molecule has 1 aliphatic rings. The number of fused-ring (bicyclic) bond motifs is 1. The molecule has 2 heterocycles. The minimum absolute atomic E-state index is 0.0861. The van der Waals surface area contributed by atoms with E-state index in [1.54, 1.807) is 6.20 Å². The molecular weight excluding hydrogens is 327 g/mol. The van der Waals surface area contributed by atoms with Crippen LogP contribution in [-0.2, 0) is 14.1 Å². The summed E-state index contributed by atoms with van der Waals surface area (Å²) in [6, 6.07) is 8.14. The second-order valence-corrected chi connectivity index (χ2v) is 7.70. The molecule has 1 aromatic heterocycles. The largest absolute Gasteiger partial charge is 0.492 e. The van der Waals surface area contributed by atoms with Crippen molar-refractivity contribution in [2.75, 3.05) is 6.54 Å². The second kappa shape index (κ2) is 6.85. The number of nitrogens with zero attached hydrogens (tertiary/aromatic N) is 1. The SMILES string of the molecule is CC(=O)NCC(=Cc1ccc2cnccc2c1)B1OC(C)(C)C(C)(C)O1. The molecule has 1 N–H and O–H groups in total. The van der Waals surface area contributed by atoms with E-state index in [-0.39, 0.29) is 5.91 Å². The standard InChI is InChI=1S/C20H25BN2O3/c1-14(24)23-13-18(21-25-19(2,3)20(4,5)26-21)11-15-6-7-17-12-22-9-8-16(17)10-15/h6-12H,13H2,1-5H3,(H,23,24). The van der Waals surface area contributed by atoms with Gasteiger partial charge >= 0.3 is 7.12 Å². The summed E-state index contributed by atoms with van der Waals surface area (Å²) in [6.45, 7) is 9.96. The molecule has 26 heavy (non-hydrogen) atoms. The molecule has 1 aliphatic heterocycles. The smallest absolute Gasteiger partial charge is 0.400 e. The lowest BCUT2D eigenvalue weighted by molar-refractivity contribution is -0.118. The van der Waals surface area contributed by atoms with Crippen LogP contribution in [0.15, 0.2) is 42.1 Å². The van der Waals surface area contributed by atoms with E-state index in [9.17, 15) is 4.79 Å². The first-order valence-corrected chi connectivity index (χ1v) is 8.82. The summed E-state index contributed by atoms with van der Waals surface area (Å²) < 4.78 is 12.3. The van der Waals surface area contributed by atoms with Crippen molar-refractivity contribution in [1.82, 2.24) is 10.3 Å². The van der Waals surface area contributed by atoms with Crippen LogP contribution < -0.4 is 5.32 Å². The zero-order chi connectivity index (χ0) is 18.9. The van der Waals surface area contributed by atoms with E-state index < -0.39 is 18.3 Å². The van der Waals surface area contributed by atoms with Gasteiger partial charge < -0.3 is 14.6 Å². The molecular formula is C20H25BN2O3. The highest BCUT2D eigenvalue weighted by Crippen LogP contribution is 2.38. The first-order valence-electron chi connectivity index (χ1n) is 8.82. The van der Waals surface area contributed by atoms with Crippen molar-refractivity contribution in [2.24, 2.45) is 0 Å². The molecule has 0 atom stereocenters. The van der Waals surface area contributed by atoms with Crippen molar-refractivity contribution in [3.05, 3.63) is 47.7 Å². The van der Waals surface area contributed by atoms with Crippen LogP contribution in [0.4, 0.5) is 0 Å². The van der Waals surface area contributed by atoms with Gasteiger partial charge in [0.15, 0.2) is 0 Å². The topological polar surface area (TPSA) is 60.5 Å². The van der Waals surface area contributed by atoms with Gasteiger partial charge in [0.2, 0.25) is 5.91 Å². The van der Waals surface area contributed by atoms with Crippen LogP contribution in [0.2, 0.25) is 0 Å². The second-order valence-electron chi connectivity index (χ2n) is 7.70. The number of nitrogens with one attached hydrogen (secondary N) is 1. The number of rotatable bonds is 4. The Kier molecular flexibility index (Phi) is 4.91. The van der Waals surface area contributed by atoms with E-state index >= 15 is 0 Å². The van der Waals surface area contributed by atoms with Gasteiger partial charge in [0.1, 0.15) is 0 Å². The Balaban J connectivity index is 1.94. The molecule has 0 spiro atoms. The number of amides is 1. The Morgan fingerprint density at radius 3 is 2.50 bits per heavy atom. The molecule has 1 aromatic carbocycles. The molecule has 3 rings (SSSR count). The van der Waals surface area contributed by atoms with Gasteiger partial charge in [-0.25, -0.2) is 0 Å². The van der Waals surface area contributed by atoms with Crippen LogP contribution in [0.1, 0.15) is 40.2 Å². The van der Waals surface area contributed by atoms with Gasteiger partial charge in [0, 0.05) is 31.2 Å². The van der Waals surface area contributed by atoms with E-state index in [0.29, 0.717) is 6.54 Å². The van der Waals surface area contributed by atoms with Crippen molar-refractivity contribution in [3.8, 4) is 0 Å². The lowest BCUT2D eigenvalue weighted by atomic mass is 9.77. The Morgan fingerprint density at radius 1 is 1.15 bits per heavy atom. The number of carbonyl (C=O) groups excluding carboxylic acids is 1. The molecule has 0 unspecified atom stereocenters. The quantitative estimate of drug-likeness (QED) is 0.857. The molecule has 6 heteroatoms.